The summed E-state index contributed by atoms with van der Waals surface area (Å²) in [5.74, 6) is 0. The van der Waals surface area contributed by atoms with Crippen LogP contribution in [0, 0.1) is 0 Å². The van der Waals surface area contributed by atoms with Crippen LogP contribution >= 0.6 is 12.6 Å². The van der Waals surface area contributed by atoms with Gasteiger partial charge >= 0.3 is 8.56 Å². The molecule has 0 saturated heterocycles. The molecular weight excluding hydrogens is 140 g/mol. The zero-order chi connectivity index (χ0) is 6.62. The fourth-order valence-corrected chi connectivity index (χ4v) is 1.34. The minimum atomic E-state index is -2.31. The van der Waals surface area contributed by atoms with Crippen molar-refractivity contribution in [1.29, 1.82) is 0 Å². The highest BCUT2D eigenvalue weighted by atomic mass is 32.1. The van der Waals surface area contributed by atoms with Gasteiger partial charge in [-0.2, -0.15) is 12.6 Å². The van der Waals surface area contributed by atoms with Gasteiger partial charge < -0.3 is 9.22 Å². The Kier molecular flexibility index (Phi) is 3.71. The standard InChI is InChI=1S/C4H12O2SSi/c1-3-6-8(2,5)4-7/h5,7H,3-4H2,1-2H3. The Labute approximate surface area is 56.5 Å². The van der Waals surface area contributed by atoms with Gasteiger partial charge in [0.1, 0.15) is 0 Å². The predicted octanol–water partition coefficient (Wildman–Crippen LogP) is 0.556. The summed E-state index contributed by atoms with van der Waals surface area (Å²) in [6, 6.07) is 0. The summed E-state index contributed by atoms with van der Waals surface area (Å²) < 4.78 is 5.00. The number of rotatable bonds is 3. The van der Waals surface area contributed by atoms with Crippen LogP contribution in [0.25, 0.3) is 0 Å². The molecule has 0 bridgehead atoms. The van der Waals surface area contributed by atoms with Crippen LogP contribution in [0.2, 0.25) is 6.55 Å². The third-order valence-corrected chi connectivity index (χ3v) is 4.01. The summed E-state index contributed by atoms with van der Waals surface area (Å²) in [4.78, 5) is 9.16. The molecule has 0 aromatic heterocycles. The zero-order valence-corrected chi connectivity index (χ0v) is 7.11. The SMILES string of the molecule is CCO[Si](C)(O)CS. The third kappa shape index (κ3) is 3.48. The molecule has 0 amide bonds. The number of hydrogen-bond acceptors (Lipinski definition) is 3. The molecule has 2 nitrogen and oxygen atoms in total. The molecule has 50 valence electrons. The lowest BCUT2D eigenvalue weighted by molar-refractivity contribution is 0.256. The Morgan fingerprint density at radius 2 is 2.25 bits per heavy atom. The maximum absolute atomic E-state index is 9.16. The Hall–Kier alpha value is 0.487. The van der Waals surface area contributed by atoms with E-state index in [-0.39, 0.29) is 0 Å². The van der Waals surface area contributed by atoms with E-state index in [0.717, 1.165) is 0 Å². The lowest BCUT2D eigenvalue weighted by atomic mass is 10.9. The van der Waals surface area contributed by atoms with Crippen molar-refractivity contribution >= 4 is 21.2 Å². The maximum Gasteiger partial charge on any atom is 0.342 e. The molecule has 0 saturated carbocycles. The summed E-state index contributed by atoms with van der Waals surface area (Å²) >= 11 is 3.92. The predicted molar refractivity (Wildman–Crippen MR) is 39.3 cm³/mol. The second-order valence-corrected chi connectivity index (χ2v) is 5.67. The van der Waals surface area contributed by atoms with Gasteiger partial charge in [0.15, 0.2) is 0 Å². The highest BCUT2D eigenvalue weighted by molar-refractivity contribution is 7.82. The van der Waals surface area contributed by atoms with Crippen LogP contribution in [0.1, 0.15) is 6.92 Å². The van der Waals surface area contributed by atoms with Crippen molar-refractivity contribution < 1.29 is 9.22 Å². The summed E-state index contributed by atoms with van der Waals surface area (Å²) in [6.07, 6.45) is 0. The molecule has 0 aromatic carbocycles. The van der Waals surface area contributed by atoms with Crippen molar-refractivity contribution in [3.8, 4) is 0 Å². The van der Waals surface area contributed by atoms with E-state index in [1.807, 2.05) is 6.92 Å². The maximum atomic E-state index is 9.16. The van der Waals surface area contributed by atoms with Crippen LogP contribution in [0.5, 0.6) is 0 Å². The molecule has 0 aliphatic heterocycles. The van der Waals surface area contributed by atoms with Crippen molar-refractivity contribution in [3.63, 3.8) is 0 Å². The smallest absolute Gasteiger partial charge is 0.342 e. The number of hydrogen-bond donors (Lipinski definition) is 2. The van der Waals surface area contributed by atoms with E-state index in [2.05, 4.69) is 12.6 Å². The largest absolute Gasteiger partial charge is 0.410 e. The van der Waals surface area contributed by atoms with Gasteiger partial charge in [-0.15, -0.1) is 0 Å². The van der Waals surface area contributed by atoms with E-state index in [4.69, 9.17) is 9.22 Å². The molecule has 4 heteroatoms. The highest BCUT2D eigenvalue weighted by Crippen LogP contribution is 2.00. The van der Waals surface area contributed by atoms with E-state index in [1.165, 1.54) is 0 Å². The topological polar surface area (TPSA) is 29.5 Å². The first-order valence-corrected chi connectivity index (χ1v) is 5.79. The lowest BCUT2D eigenvalue weighted by Crippen LogP contribution is -2.37. The molecule has 1 atom stereocenters. The van der Waals surface area contributed by atoms with Gasteiger partial charge in [-0.3, -0.25) is 0 Å². The minimum Gasteiger partial charge on any atom is -0.410 e. The molecule has 0 rings (SSSR count). The zero-order valence-electron chi connectivity index (χ0n) is 5.22. The Morgan fingerprint density at radius 3 is 2.38 bits per heavy atom. The monoisotopic (exact) mass is 152 g/mol. The first-order chi connectivity index (χ1) is 3.62. The van der Waals surface area contributed by atoms with Gasteiger partial charge in [-0.05, 0) is 13.5 Å². The Morgan fingerprint density at radius 1 is 1.75 bits per heavy atom. The van der Waals surface area contributed by atoms with Gasteiger partial charge in [-0.1, -0.05) is 0 Å². The normalized spacial score (nSPS) is 18.0. The van der Waals surface area contributed by atoms with Crippen molar-refractivity contribution in [3.05, 3.63) is 0 Å². The molecule has 8 heavy (non-hydrogen) atoms. The van der Waals surface area contributed by atoms with Crippen LogP contribution in [-0.4, -0.2) is 25.3 Å². The molecule has 0 spiro atoms. The van der Waals surface area contributed by atoms with Gasteiger partial charge in [0.25, 0.3) is 0 Å². The van der Waals surface area contributed by atoms with Crippen LogP contribution in [0.15, 0.2) is 0 Å². The van der Waals surface area contributed by atoms with Gasteiger partial charge in [0.2, 0.25) is 0 Å². The fraction of sp³-hybridized carbons (Fsp3) is 1.00. The van der Waals surface area contributed by atoms with Crippen molar-refractivity contribution in [2.75, 3.05) is 12.0 Å². The van der Waals surface area contributed by atoms with Gasteiger partial charge in [-0.25, -0.2) is 0 Å². The fourth-order valence-electron chi connectivity index (χ4n) is 0.357. The quantitative estimate of drug-likeness (QED) is 0.457. The van der Waals surface area contributed by atoms with E-state index >= 15 is 0 Å². The second-order valence-electron chi connectivity index (χ2n) is 1.77. The molecule has 0 heterocycles. The minimum absolute atomic E-state index is 0.473. The molecule has 0 radical (unpaired) electrons. The molecule has 0 aliphatic carbocycles. The van der Waals surface area contributed by atoms with E-state index in [0.29, 0.717) is 12.0 Å². The molecule has 0 aromatic rings. The summed E-state index contributed by atoms with van der Waals surface area (Å²) in [5.41, 5.74) is 0. The Balaban J connectivity index is 3.37. The van der Waals surface area contributed by atoms with Crippen molar-refractivity contribution in [1.82, 2.24) is 0 Å². The lowest BCUT2D eigenvalue weighted by Gasteiger charge is -2.15. The highest BCUT2D eigenvalue weighted by Gasteiger charge is 2.22. The first-order valence-electron chi connectivity index (χ1n) is 2.59. The average molecular weight is 152 g/mol. The van der Waals surface area contributed by atoms with Crippen LogP contribution in [0.3, 0.4) is 0 Å². The van der Waals surface area contributed by atoms with Crippen LogP contribution in [-0.2, 0) is 4.43 Å². The van der Waals surface area contributed by atoms with Crippen LogP contribution < -0.4 is 0 Å². The van der Waals surface area contributed by atoms with E-state index in [1.54, 1.807) is 6.55 Å². The molecule has 1 N–H and O–H groups in total. The van der Waals surface area contributed by atoms with E-state index < -0.39 is 8.56 Å². The second kappa shape index (κ2) is 3.50. The van der Waals surface area contributed by atoms with Gasteiger partial charge in [0.05, 0.1) is 0 Å². The van der Waals surface area contributed by atoms with Crippen LogP contribution in [0.4, 0.5) is 0 Å². The summed E-state index contributed by atoms with van der Waals surface area (Å²) in [5, 5.41) is 0.473. The van der Waals surface area contributed by atoms with Gasteiger partial charge in [0, 0.05) is 12.0 Å². The van der Waals surface area contributed by atoms with Crippen molar-refractivity contribution in [2.24, 2.45) is 0 Å². The molecule has 0 aliphatic rings. The Bertz CT molecular complexity index is 67.1. The van der Waals surface area contributed by atoms with E-state index in [9.17, 15) is 0 Å². The molecular formula is C4H12O2SSi. The average Bonchev–Trinajstić information content (AvgIpc) is 1.67. The number of thiol groups is 1. The molecule has 1 unspecified atom stereocenters. The first kappa shape index (κ1) is 8.49. The van der Waals surface area contributed by atoms with Crippen molar-refractivity contribution in [2.45, 2.75) is 13.5 Å². The summed E-state index contributed by atoms with van der Waals surface area (Å²) in [6.45, 7) is 4.17. The summed E-state index contributed by atoms with van der Waals surface area (Å²) in [7, 11) is -2.31. The molecule has 0 fully saturated rings. The third-order valence-electron chi connectivity index (χ3n) is 0.749.